The Balaban J connectivity index is 1.73. The van der Waals surface area contributed by atoms with Crippen LogP contribution in [0.15, 0.2) is 49.1 Å². The number of hydrogen-bond donors (Lipinski definition) is 3. The Morgan fingerprint density at radius 1 is 1.26 bits per heavy atom. The Morgan fingerprint density at radius 2 is 2.04 bits per heavy atom. The summed E-state index contributed by atoms with van der Waals surface area (Å²) in [6.07, 6.45) is 6.24. The van der Waals surface area contributed by atoms with Crippen molar-refractivity contribution in [3.63, 3.8) is 0 Å². The number of aryl methyl sites for hydroxylation is 1. The zero-order chi connectivity index (χ0) is 16.5. The summed E-state index contributed by atoms with van der Waals surface area (Å²) >= 11 is 0. The molecule has 1 aromatic carbocycles. The number of nitrogens with zero attached hydrogens (tertiary/aromatic N) is 2. The average Bonchev–Trinajstić information content (AvgIpc) is 3.05. The Kier molecular flexibility index (Phi) is 6.17. The number of urea groups is 1. The largest absolute Gasteiger partial charge is 0.480 e. The molecule has 1 heterocycles. The molecule has 122 valence electrons. The van der Waals surface area contributed by atoms with Gasteiger partial charge in [0.1, 0.15) is 6.04 Å². The average molecular weight is 316 g/mol. The number of imidazole rings is 1. The molecule has 1 atom stereocenters. The van der Waals surface area contributed by atoms with Crippen molar-refractivity contribution >= 4 is 12.0 Å². The summed E-state index contributed by atoms with van der Waals surface area (Å²) in [5.41, 5.74) is 0.861. The Morgan fingerprint density at radius 3 is 2.70 bits per heavy atom. The highest BCUT2D eigenvalue weighted by Gasteiger charge is 2.19. The topological polar surface area (TPSA) is 96.3 Å². The molecule has 2 rings (SSSR count). The number of nitrogens with one attached hydrogen (secondary N) is 2. The van der Waals surface area contributed by atoms with E-state index < -0.39 is 18.0 Å². The SMILES string of the molecule is O=C(NCCCn1ccnc1)NC(Cc1ccccc1)C(=O)O. The molecule has 1 aromatic heterocycles. The van der Waals surface area contributed by atoms with Gasteiger partial charge in [-0.1, -0.05) is 30.3 Å². The smallest absolute Gasteiger partial charge is 0.326 e. The van der Waals surface area contributed by atoms with Crippen LogP contribution in [0, 0.1) is 0 Å². The van der Waals surface area contributed by atoms with E-state index >= 15 is 0 Å². The standard InChI is InChI=1S/C16H20N4O3/c21-15(22)14(11-13-5-2-1-3-6-13)19-16(23)18-7-4-9-20-10-8-17-12-20/h1-3,5-6,8,10,12,14H,4,7,9,11H2,(H,21,22)(H2,18,19,23). The van der Waals surface area contributed by atoms with Crippen molar-refractivity contribution in [2.24, 2.45) is 0 Å². The van der Waals surface area contributed by atoms with Crippen LogP contribution >= 0.6 is 0 Å². The van der Waals surface area contributed by atoms with Crippen LogP contribution in [0.5, 0.6) is 0 Å². The van der Waals surface area contributed by atoms with E-state index in [0.717, 1.165) is 18.5 Å². The lowest BCUT2D eigenvalue weighted by atomic mass is 10.1. The van der Waals surface area contributed by atoms with Gasteiger partial charge in [-0.15, -0.1) is 0 Å². The first kappa shape index (κ1) is 16.5. The number of hydrogen-bond acceptors (Lipinski definition) is 3. The molecule has 0 bridgehead atoms. The highest BCUT2D eigenvalue weighted by Crippen LogP contribution is 2.03. The molecular weight excluding hydrogens is 296 g/mol. The minimum absolute atomic E-state index is 0.249. The number of carbonyl (C=O) groups is 2. The van der Waals surface area contributed by atoms with E-state index in [2.05, 4.69) is 15.6 Å². The number of benzene rings is 1. The van der Waals surface area contributed by atoms with Gasteiger partial charge >= 0.3 is 12.0 Å². The molecule has 7 nitrogen and oxygen atoms in total. The summed E-state index contributed by atoms with van der Waals surface area (Å²) in [5.74, 6) is -1.05. The van der Waals surface area contributed by atoms with Crippen LogP contribution in [-0.4, -0.2) is 39.2 Å². The number of rotatable bonds is 8. The Bertz CT molecular complexity index is 614. The first-order valence-corrected chi connectivity index (χ1v) is 7.42. The van der Waals surface area contributed by atoms with Crippen molar-refractivity contribution in [3.05, 3.63) is 54.6 Å². The fourth-order valence-corrected chi connectivity index (χ4v) is 2.14. The molecule has 0 fully saturated rings. The van der Waals surface area contributed by atoms with E-state index in [1.54, 1.807) is 12.5 Å². The van der Waals surface area contributed by atoms with Gasteiger partial charge in [0.05, 0.1) is 6.33 Å². The zero-order valence-corrected chi connectivity index (χ0v) is 12.7. The number of carboxylic acids is 1. The number of aliphatic carboxylic acids is 1. The van der Waals surface area contributed by atoms with Crippen molar-refractivity contribution in [1.82, 2.24) is 20.2 Å². The van der Waals surface area contributed by atoms with E-state index in [1.165, 1.54) is 0 Å². The molecule has 0 spiro atoms. The fraction of sp³-hybridized carbons (Fsp3) is 0.312. The lowest BCUT2D eigenvalue weighted by molar-refractivity contribution is -0.139. The van der Waals surface area contributed by atoms with Gasteiger partial charge in [-0.25, -0.2) is 14.6 Å². The summed E-state index contributed by atoms with van der Waals surface area (Å²) in [6.45, 7) is 1.20. The third-order valence-corrected chi connectivity index (χ3v) is 3.32. The van der Waals surface area contributed by atoms with Crippen LogP contribution in [0.2, 0.25) is 0 Å². The first-order valence-electron chi connectivity index (χ1n) is 7.42. The minimum Gasteiger partial charge on any atom is -0.480 e. The molecule has 7 heteroatoms. The maximum atomic E-state index is 11.8. The fourth-order valence-electron chi connectivity index (χ4n) is 2.14. The molecule has 1 unspecified atom stereocenters. The maximum absolute atomic E-state index is 11.8. The van der Waals surface area contributed by atoms with Crippen LogP contribution in [0.1, 0.15) is 12.0 Å². The second-order valence-corrected chi connectivity index (χ2v) is 5.13. The number of carboxylic acid groups (broad SMARTS) is 1. The molecule has 0 radical (unpaired) electrons. The molecule has 0 aliphatic rings. The first-order chi connectivity index (χ1) is 11.1. The normalized spacial score (nSPS) is 11.7. The van der Waals surface area contributed by atoms with E-state index in [0.29, 0.717) is 6.54 Å². The van der Waals surface area contributed by atoms with Crippen molar-refractivity contribution in [3.8, 4) is 0 Å². The quantitative estimate of drug-likeness (QED) is 0.639. The zero-order valence-electron chi connectivity index (χ0n) is 12.7. The minimum atomic E-state index is -1.05. The highest BCUT2D eigenvalue weighted by molar-refractivity contribution is 5.82. The van der Waals surface area contributed by atoms with Gasteiger partial charge in [-0.3, -0.25) is 0 Å². The van der Waals surface area contributed by atoms with Gasteiger partial charge in [-0.2, -0.15) is 0 Å². The summed E-state index contributed by atoms with van der Waals surface area (Å²) in [4.78, 5) is 27.0. The van der Waals surface area contributed by atoms with Crippen LogP contribution in [-0.2, 0) is 17.8 Å². The molecule has 2 aromatic rings. The predicted molar refractivity (Wildman–Crippen MR) is 84.9 cm³/mol. The van der Waals surface area contributed by atoms with Crippen LogP contribution < -0.4 is 10.6 Å². The summed E-state index contributed by atoms with van der Waals surface area (Å²) in [7, 11) is 0. The van der Waals surface area contributed by atoms with Crippen molar-refractivity contribution in [2.45, 2.75) is 25.4 Å². The molecular formula is C16H20N4O3. The molecule has 2 amide bonds. The van der Waals surface area contributed by atoms with E-state index in [-0.39, 0.29) is 6.42 Å². The van der Waals surface area contributed by atoms with Crippen LogP contribution in [0.25, 0.3) is 0 Å². The van der Waals surface area contributed by atoms with E-state index in [9.17, 15) is 14.7 Å². The summed E-state index contributed by atoms with van der Waals surface area (Å²) < 4.78 is 1.91. The third kappa shape index (κ3) is 5.82. The van der Waals surface area contributed by atoms with Crippen molar-refractivity contribution in [2.75, 3.05) is 6.54 Å². The molecule has 3 N–H and O–H groups in total. The predicted octanol–water partition coefficient (Wildman–Crippen LogP) is 1.27. The third-order valence-electron chi connectivity index (χ3n) is 3.32. The molecule has 0 saturated carbocycles. The van der Waals surface area contributed by atoms with E-state index in [4.69, 9.17) is 0 Å². The van der Waals surface area contributed by atoms with E-state index in [1.807, 2.05) is 41.1 Å². The summed E-state index contributed by atoms with van der Waals surface area (Å²) in [5, 5.41) is 14.4. The Labute approximate surface area is 134 Å². The summed E-state index contributed by atoms with van der Waals surface area (Å²) in [6, 6.07) is 7.78. The van der Waals surface area contributed by atoms with Gasteiger partial charge in [-0.05, 0) is 12.0 Å². The van der Waals surface area contributed by atoms with Crippen molar-refractivity contribution in [1.29, 1.82) is 0 Å². The number of aromatic nitrogens is 2. The lowest BCUT2D eigenvalue weighted by Crippen LogP contribution is -2.47. The van der Waals surface area contributed by atoms with Gasteiger partial charge in [0.15, 0.2) is 0 Å². The monoisotopic (exact) mass is 316 g/mol. The Hall–Kier alpha value is -2.83. The van der Waals surface area contributed by atoms with Crippen LogP contribution in [0.3, 0.4) is 0 Å². The highest BCUT2D eigenvalue weighted by atomic mass is 16.4. The van der Waals surface area contributed by atoms with Gasteiger partial charge in [0.2, 0.25) is 0 Å². The van der Waals surface area contributed by atoms with Crippen molar-refractivity contribution < 1.29 is 14.7 Å². The van der Waals surface area contributed by atoms with Gasteiger partial charge in [0.25, 0.3) is 0 Å². The molecule has 0 aliphatic carbocycles. The molecule has 23 heavy (non-hydrogen) atoms. The molecule has 0 saturated heterocycles. The van der Waals surface area contributed by atoms with Gasteiger partial charge < -0.3 is 20.3 Å². The van der Waals surface area contributed by atoms with Gasteiger partial charge in [0, 0.05) is 31.9 Å². The number of amides is 2. The lowest BCUT2D eigenvalue weighted by Gasteiger charge is -2.15. The number of carbonyl (C=O) groups excluding carboxylic acids is 1. The second kappa shape index (κ2) is 8.57. The maximum Gasteiger partial charge on any atom is 0.326 e. The molecule has 0 aliphatic heterocycles. The van der Waals surface area contributed by atoms with Crippen LogP contribution in [0.4, 0.5) is 4.79 Å². The second-order valence-electron chi connectivity index (χ2n) is 5.13.